The smallest absolute Gasteiger partial charge is 0.306 e. The first-order chi connectivity index (χ1) is 10.9. The molecule has 0 radical (unpaired) electrons. The number of rotatable bonds is 4. The third-order valence-corrected chi connectivity index (χ3v) is 5.53. The van der Waals surface area contributed by atoms with E-state index in [-0.39, 0.29) is 11.5 Å². The summed E-state index contributed by atoms with van der Waals surface area (Å²) >= 11 is 6.09. The molecule has 0 aromatic heterocycles. The molecule has 126 valence electrons. The Kier molecular flexibility index (Phi) is 4.68. The van der Waals surface area contributed by atoms with E-state index in [9.17, 15) is 4.79 Å². The molecular weight excluding hydrogens is 314 g/mol. The zero-order valence-electron chi connectivity index (χ0n) is 13.7. The van der Waals surface area contributed by atoms with Crippen LogP contribution in [0, 0.1) is 19.8 Å². The normalized spacial score (nSPS) is 30.2. The molecule has 1 heterocycles. The lowest BCUT2D eigenvalue weighted by molar-refractivity contribution is -0.181. The summed E-state index contributed by atoms with van der Waals surface area (Å²) in [7, 11) is 0. The monoisotopic (exact) mass is 337 g/mol. The molecule has 23 heavy (non-hydrogen) atoms. The Bertz CT molecular complexity index is 587. The maximum Gasteiger partial charge on any atom is 0.306 e. The number of carboxylic acids is 1. The molecule has 0 amide bonds. The highest BCUT2D eigenvalue weighted by atomic mass is 35.5. The second-order valence-corrected chi connectivity index (χ2v) is 7.50. The highest BCUT2D eigenvalue weighted by Gasteiger charge is 2.51. The summed E-state index contributed by atoms with van der Waals surface area (Å²) in [4.78, 5) is 11.0. The lowest BCUT2D eigenvalue weighted by atomic mass is 9.66. The van der Waals surface area contributed by atoms with Crippen molar-refractivity contribution in [1.82, 2.24) is 5.32 Å². The zero-order valence-corrected chi connectivity index (χ0v) is 14.4. The number of ether oxygens (including phenoxy) is 1. The Balaban J connectivity index is 1.58. The molecule has 1 aromatic carbocycles. The largest absolute Gasteiger partial charge is 0.481 e. The van der Waals surface area contributed by atoms with Crippen LogP contribution in [0.15, 0.2) is 12.1 Å². The van der Waals surface area contributed by atoms with Gasteiger partial charge in [-0.15, -0.1) is 0 Å². The van der Waals surface area contributed by atoms with E-state index in [2.05, 4.69) is 19.2 Å². The number of benzene rings is 1. The van der Waals surface area contributed by atoms with Crippen molar-refractivity contribution in [2.45, 2.75) is 57.7 Å². The van der Waals surface area contributed by atoms with E-state index in [4.69, 9.17) is 21.4 Å². The topological polar surface area (TPSA) is 58.6 Å². The first-order valence-corrected chi connectivity index (χ1v) is 8.62. The van der Waals surface area contributed by atoms with Crippen molar-refractivity contribution < 1.29 is 14.6 Å². The van der Waals surface area contributed by atoms with Gasteiger partial charge in [0.2, 0.25) is 0 Å². The van der Waals surface area contributed by atoms with Crippen molar-refractivity contribution in [3.05, 3.63) is 33.8 Å². The summed E-state index contributed by atoms with van der Waals surface area (Å²) in [6.45, 7) is 5.70. The maximum atomic E-state index is 11.0. The van der Waals surface area contributed by atoms with Crippen molar-refractivity contribution in [2.24, 2.45) is 5.92 Å². The van der Waals surface area contributed by atoms with Gasteiger partial charge in [-0.1, -0.05) is 11.6 Å². The second kappa shape index (κ2) is 6.42. The molecular formula is C18H24ClNO3. The number of aryl methyl sites for hydroxylation is 2. The average Bonchev–Trinajstić information content (AvgIpc) is 2.43. The van der Waals surface area contributed by atoms with Gasteiger partial charge in [-0.05, 0) is 68.4 Å². The highest BCUT2D eigenvalue weighted by molar-refractivity contribution is 6.30. The maximum absolute atomic E-state index is 11.0. The number of carbonyl (C=O) groups is 1. The minimum absolute atomic E-state index is 0.205. The molecule has 1 saturated heterocycles. The van der Waals surface area contributed by atoms with Gasteiger partial charge in [0.05, 0.1) is 11.5 Å². The molecule has 2 fully saturated rings. The minimum atomic E-state index is -0.693. The van der Waals surface area contributed by atoms with Crippen LogP contribution in [0.25, 0.3) is 0 Å². The Hall–Kier alpha value is -1.10. The van der Waals surface area contributed by atoms with Crippen LogP contribution in [-0.4, -0.2) is 29.3 Å². The first-order valence-electron chi connectivity index (χ1n) is 8.24. The average molecular weight is 338 g/mol. The van der Waals surface area contributed by atoms with Crippen LogP contribution in [0.2, 0.25) is 5.02 Å². The molecule has 0 bridgehead atoms. The summed E-state index contributed by atoms with van der Waals surface area (Å²) in [6, 6.07) is 4.38. The van der Waals surface area contributed by atoms with E-state index >= 15 is 0 Å². The molecule has 3 rings (SSSR count). The fraction of sp³-hybridized carbons (Fsp3) is 0.611. The number of aliphatic carboxylic acids is 1. The molecule has 4 nitrogen and oxygen atoms in total. The Morgan fingerprint density at radius 2 is 2.00 bits per heavy atom. The van der Waals surface area contributed by atoms with Gasteiger partial charge in [0.25, 0.3) is 0 Å². The van der Waals surface area contributed by atoms with E-state index in [1.54, 1.807) is 0 Å². The molecule has 1 atom stereocenters. The van der Waals surface area contributed by atoms with Crippen molar-refractivity contribution >= 4 is 17.6 Å². The standard InChI is InChI=1S/C18H24ClNO3/c1-11-5-14(19)6-12(2)16(11)10-20-15-3-4-23-18(9-15)7-13(8-18)17(21)22/h5-6,13,15,20H,3-4,7-10H2,1-2H3,(H,21,22). The van der Waals surface area contributed by atoms with Gasteiger partial charge in [-0.2, -0.15) is 0 Å². The van der Waals surface area contributed by atoms with Crippen LogP contribution in [0.1, 0.15) is 42.4 Å². The summed E-state index contributed by atoms with van der Waals surface area (Å²) in [5.41, 5.74) is 3.51. The molecule has 1 aliphatic carbocycles. The molecule has 2 aliphatic rings. The van der Waals surface area contributed by atoms with Crippen LogP contribution < -0.4 is 5.32 Å². The lowest BCUT2D eigenvalue weighted by Gasteiger charge is -2.50. The van der Waals surface area contributed by atoms with Crippen LogP contribution in [-0.2, 0) is 16.1 Å². The zero-order chi connectivity index (χ0) is 16.6. The Morgan fingerprint density at radius 1 is 1.35 bits per heavy atom. The van der Waals surface area contributed by atoms with Gasteiger partial charge in [0.1, 0.15) is 0 Å². The molecule has 2 N–H and O–H groups in total. The van der Waals surface area contributed by atoms with Gasteiger partial charge < -0.3 is 15.2 Å². The van der Waals surface area contributed by atoms with E-state index in [0.717, 1.165) is 24.4 Å². The van der Waals surface area contributed by atoms with Crippen LogP contribution >= 0.6 is 11.6 Å². The third-order valence-electron chi connectivity index (χ3n) is 5.31. The van der Waals surface area contributed by atoms with Crippen LogP contribution in [0.4, 0.5) is 0 Å². The van der Waals surface area contributed by atoms with Gasteiger partial charge >= 0.3 is 5.97 Å². The van der Waals surface area contributed by atoms with Crippen molar-refractivity contribution in [3.63, 3.8) is 0 Å². The van der Waals surface area contributed by atoms with E-state index in [1.165, 1.54) is 16.7 Å². The number of hydrogen-bond acceptors (Lipinski definition) is 3. The predicted octanol–water partition coefficient (Wildman–Crippen LogP) is 3.46. The van der Waals surface area contributed by atoms with E-state index < -0.39 is 5.97 Å². The van der Waals surface area contributed by atoms with Crippen LogP contribution in [0.3, 0.4) is 0 Å². The molecule has 1 spiro atoms. The quantitative estimate of drug-likeness (QED) is 0.883. The predicted molar refractivity (Wildman–Crippen MR) is 89.8 cm³/mol. The molecule has 1 unspecified atom stereocenters. The van der Waals surface area contributed by atoms with Gasteiger partial charge in [0.15, 0.2) is 0 Å². The number of halogens is 1. The SMILES string of the molecule is Cc1cc(Cl)cc(C)c1CNC1CCOC2(C1)CC(C(=O)O)C2. The van der Waals surface area contributed by atoms with Crippen molar-refractivity contribution in [1.29, 1.82) is 0 Å². The van der Waals surface area contributed by atoms with E-state index in [0.29, 0.717) is 25.5 Å². The second-order valence-electron chi connectivity index (χ2n) is 7.06. The van der Waals surface area contributed by atoms with Crippen LogP contribution in [0.5, 0.6) is 0 Å². The lowest BCUT2D eigenvalue weighted by Crippen LogP contribution is -2.55. The van der Waals surface area contributed by atoms with Gasteiger partial charge in [-0.3, -0.25) is 4.79 Å². The number of carboxylic acid groups (broad SMARTS) is 1. The summed E-state index contributed by atoms with van der Waals surface area (Å²) in [6.07, 6.45) is 3.19. The number of hydrogen-bond donors (Lipinski definition) is 2. The fourth-order valence-corrected chi connectivity index (χ4v) is 4.29. The minimum Gasteiger partial charge on any atom is -0.481 e. The summed E-state index contributed by atoms with van der Waals surface area (Å²) in [5.74, 6) is -0.920. The van der Waals surface area contributed by atoms with Gasteiger partial charge in [0, 0.05) is 24.2 Å². The van der Waals surface area contributed by atoms with Crippen molar-refractivity contribution in [3.8, 4) is 0 Å². The van der Waals surface area contributed by atoms with E-state index in [1.807, 2.05) is 12.1 Å². The first kappa shape index (κ1) is 16.7. The Morgan fingerprint density at radius 3 is 2.61 bits per heavy atom. The number of nitrogens with one attached hydrogen (secondary N) is 1. The van der Waals surface area contributed by atoms with Crippen molar-refractivity contribution in [2.75, 3.05) is 6.61 Å². The molecule has 1 aliphatic heterocycles. The fourth-order valence-electron chi connectivity index (χ4n) is 3.97. The molecule has 5 heteroatoms. The third kappa shape index (κ3) is 3.54. The van der Waals surface area contributed by atoms with Gasteiger partial charge in [-0.25, -0.2) is 0 Å². The molecule has 1 aromatic rings. The summed E-state index contributed by atoms with van der Waals surface area (Å²) < 4.78 is 5.91. The Labute approximate surface area is 142 Å². The highest BCUT2D eigenvalue weighted by Crippen LogP contribution is 2.46. The molecule has 1 saturated carbocycles. The summed E-state index contributed by atoms with van der Waals surface area (Å²) in [5, 5.41) is 13.5.